The molecule has 1 aliphatic rings. The van der Waals surface area contributed by atoms with Crippen LogP contribution in [0.1, 0.15) is 36.7 Å². The van der Waals surface area contributed by atoms with Crippen LogP contribution in [0.4, 0.5) is 5.95 Å². The summed E-state index contributed by atoms with van der Waals surface area (Å²) in [6, 6.07) is 12.9. The molecule has 3 heterocycles. The number of ether oxygens (including phenoxy) is 1. The minimum absolute atomic E-state index is 0.0238. The molecule has 0 N–H and O–H groups in total. The van der Waals surface area contributed by atoms with Crippen molar-refractivity contribution in [2.75, 3.05) is 24.6 Å². The first kappa shape index (κ1) is 21.9. The number of rotatable bonds is 4. The molecule has 1 fully saturated rings. The molecule has 1 aromatic carbocycles. The van der Waals surface area contributed by atoms with Crippen molar-refractivity contribution in [3.8, 4) is 11.3 Å². The zero-order valence-electron chi connectivity index (χ0n) is 18.9. The number of hydrogen-bond donors (Lipinski definition) is 0. The standard InChI is InChI=1S/C25H28N4O3/c1-25(2,3)19-7-5-18(6-8-19)23(31)21-16-29(13-14-32-21)24-27-20(15-22(30)28(24)4)17-9-11-26-12-10-17/h5-12,15,21H,13-14,16H2,1-4H3. The van der Waals surface area contributed by atoms with Crippen molar-refractivity contribution in [1.82, 2.24) is 14.5 Å². The molecule has 0 aliphatic carbocycles. The van der Waals surface area contributed by atoms with Gasteiger partial charge in [0.2, 0.25) is 5.95 Å². The Hall–Kier alpha value is -3.32. The van der Waals surface area contributed by atoms with Crippen LogP contribution in [0, 0.1) is 0 Å². The Labute approximate surface area is 187 Å². The third-order valence-corrected chi connectivity index (χ3v) is 5.76. The molecule has 3 aromatic rings. The first-order valence-electron chi connectivity index (χ1n) is 10.7. The summed E-state index contributed by atoms with van der Waals surface area (Å²) in [5, 5.41) is 0. The first-order valence-corrected chi connectivity index (χ1v) is 10.7. The fourth-order valence-electron chi connectivity index (χ4n) is 3.79. The van der Waals surface area contributed by atoms with E-state index < -0.39 is 6.10 Å². The molecule has 1 aliphatic heterocycles. The van der Waals surface area contributed by atoms with Gasteiger partial charge in [0.05, 0.1) is 18.8 Å². The predicted molar refractivity (Wildman–Crippen MR) is 124 cm³/mol. The highest BCUT2D eigenvalue weighted by Gasteiger charge is 2.30. The lowest BCUT2D eigenvalue weighted by atomic mass is 9.86. The molecule has 4 rings (SSSR count). The molecule has 32 heavy (non-hydrogen) atoms. The van der Waals surface area contributed by atoms with Gasteiger partial charge in [0.25, 0.3) is 5.56 Å². The quantitative estimate of drug-likeness (QED) is 0.589. The molecule has 7 heteroatoms. The molecule has 166 valence electrons. The summed E-state index contributed by atoms with van der Waals surface area (Å²) in [5.41, 5.74) is 3.06. The van der Waals surface area contributed by atoms with Gasteiger partial charge >= 0.3 is 0 Å². The van der Waals surface area contributed by atoms with Gasteiger partial charge in [-0.25, -0.2) is 4.98 Å². The number of aromatic nitrogens is 3. The van der Waals surface area contributed by atoms with E-state index in [1.54, 1.807) is 19.4 Å². The van der Waals surface area contributed by atoms with Crippen LogP contribution in [0.2, 0.25) is 0 Å². The summed E-state index contributed by atoms with van der Waals surface area (Å²) < 4.78 is 7.32. The molecule has 2 aromatic heterocycles. The predicted octanol–water partition coefficient (Wildman–Crippen LogP) is 3.23. The van der Waals surface area contributed by atoms with Crippen LogP contribution in [0.25, 0.3) is 11.3 Å². The van der Waals surface area contributed by atoms with Gasteiger partial charge in [-0.05, 0) is 23.1 Å². The monoisotopic (exact) mass is 432 g/mol. The first-order chi connectivity index (χ1) is 15.2. The molecule has 1 atom stereocenters. The SMILES string of the molecule is Cn1c(N2CCOC(C(=O)c3ccc(C(C)(C)C)cc3)C2)nc(-c2ccncc2)cc1=O. The number of nitrogens with zero attached hydrogens (tertiary/aromatic N) is 4. The van der Waals surface area contributed by atoms with Crippen molar-refractivity contribution in [3.05, 3.63) is 76.3 Å². The summed E-state index contributed by atoms with van der Waals surface area (Å²) in [7, 11) is 1.69. The van der Waals surface area contributed by atoms with Crippen LogP contribution in [0.3, 0.4) is 0 Å². The van der Waals surface area contributed by atoms with E-state index in [4.69, 9.17) is 9.72 Å². The van der Waals surface area contributed by atoms with Crippen molar-refractivity contribution < 1.29 is 9.53 Å². The molecular formula is C25H28N4O3. The highest BCUT2D eigenvalue weighted by molar-refractivity contribution is 6.00. The van der Waals surface area contributed by atoms with E-state index in [-0.39, 0.29) is 16.8 Å². The highest BCUT2D eigenvalue weighted by atomic mass is 16.5. The number of carbonyl (C=O) groups excluding carboxylic acids is 1. The van der Waals surface area contributed by atoms with Crippen LogP contribution in [0.5, 0.6) is 0 Å². The summed E-state index contributed by atoms with van der Waals surface area (Å²) >= 11 is 0. The van der Waals surface area contributed by atoms with Crippen LogP contribution in [-0.4, -0.2) is 46.1 Å². The average molecular weight is 433 g/mol. The topological polar surface area (TPSA) is 77.3 Å². The van der Waals surface area contributed by atoms with Gasteiger partial charge in [0, 0.05) is 43.2 Å². The summed E-state index contributed by atoms with van der Waals surface area (Å²) in [4.78, 5) is 36.4. The summed E-state index contributed by atoms with van der Waals surface area (Å²) in [5.74, 6) is 0.457. The van der Waals surface area contributed by atoms with E-state index >= 15 is 0 Å². The minimum atomic E-state index is -0.620. The smallest absolute Gasteiger partial charge is 0.255 e. The van der Waals surface area contributed by atoms with Gasteiger partial charge in [0.1, 0.15) is 6.10 Å². The largest absolute Gasteiger partial charge is 0.366 e. The van der Waals surface area contributed by atoms with E-state index in [0.29, 0.717) is 36.9 Å². The molecule has 7 nitrogen and oxygen atoms in total. The van der Waals surface area contributed by atoms with Crippen LogP contribution in [0.15, 0.2) is 59.7 Å². The van der Waals surface area contributed by atoms with E-state index in [9.17, 15) is 9.59 Å². The second-order valence-corrected chi connectivity index (χ2v) is 9.07. The number of carbonyl (C=O) groups is 1. The van der Waals surface area contributed by atoms with Gasteiger partial charge in [0.15, 0.2) is 5.78 Å². The molecule has 0 radical (unpaired) electrons. The maximum absolute atomic E-state index is 13.1. The highest BCUT2D eigenvalue weighted by Crippen LogP contribution is 2.24. The molecule has 1 unspecified atom stereocenters. The van der Waals surface area contributed by atoms with Crippen molar-refractivity contribution in [2.24, 2.45) is 7.05 Å². The third-order valence-electron chi connectivity index (χ3n) is 5.76. The van der Waals surface area contributed by atoms with Crippen molar-refractivity contribution in [1.29, 1.82) is 0 Å². The Balaban J connectivity index is 1.58. The number of morpholine rings is 1. The van der Waals surface area contributed by atoms with Gasteiger partial charge in [-0.1, -0.05) is 45.0 Å². The Bertz CT molecular complexity index is 1160. The Kier molecular flexibility index (Phi) is 5.93. The third kappa shape index (κ3) is 4.48. The normalized spacial score (nSPS) is 16.8. The van der Waals surface area contributed by atoms with Crippen molar-refractivity contribution in [3.63, 3.8) is 0 Å². The van der Waals surface area contributed by atoms with Crippen LogP contribution in [-0.2, 0) is 17.2 Å². The lowest BCUT2D eigenvalue weighted by Crippen LogP contribution is -2.48. The van der Waals surface area contributed by atoms with Gasteiger partial charge < -0.3 is 9.64 Å². The van der Waals surface area contributed by atoms with Gasteiger partial charge in [-0.3, -0.25) is 19.1 Å². The number of ketones is 1. The van der Waals surface area contributed by atoms with E-state index in [1.807, 2.05) is 41.3 Å². The fourth-order valence-corrected chi connectivity index (χ4v) is 3.79. The average Bonchev–Trinajstić information content (AvgIpc) is 2.80. The zero-order valence-corrected chi connectivity index (χ0v) is 18.9. The van der Waals surface area contributed by atoms with Crippen molar-refractivity contribution >= 4 is 11.7 Å². The minimum Gasteiger partial charge on any atom is -0.366 e. The maximum Gasteiger partial charge on any atom is 0.255 e. The Morgan fingerprint density at radius 1 is 1.09 bits per heavy atom. The lowest BCUT2D eigenvalue weighted by Gasteiger charge is -2.33. The molecule has 0 bridgehead atoms. The van der Waals surface area contributed by atoms with Crippen LogP contribution < -0.4 is 10.5 Å². The van der Waals surface area contributed by atoms with Crippen LogP contribution >= 0.6 is 0 Å². The van der Waals surface area contributed by atoms with Crippen molar-refractivity contribution in [2.45, 2.75) is 32.3 Å². The van der Waals surface area contributed by atoms with E-state index in [0.717, 1.165) is 5.56 Å². The van der Waals surface area contributed by atoms with Gasteiger partial charge in [-0.2, -0.15) is 0 Å². The Morgan fingerprint density at radius 3 is 2.44 bits per heavy atom. The lowest BCUT2D eigenvalue weighted by molar-refractivity contribution is 0.0336. The summed E-state index contributed by atoms with van der Waals surface area (Å²) in [6.45, 7) is 7.69. The second-order valence-electron chi connectivity index (χ2n) is 9.07. The molecule has 0 spiro atoms. The number of anilines is 1. The molecule has 1 saturated heterocycles. The molecule has 0 amide bonds. The molecule has 0 saturated carbocycles. The zero-order chi connectivity index (χ0) is 22.9. The molecular weight excluding hydrogens is 404 g/mol. The number of Topliss-reactive ketones (excluding diaryl/α,β-unsaturated/α-hetero) is 1. The van der Waals surface area contributed by atoms with E-state index in [1.165, 1.54) is 16.2 Å². The maximum atomic E-state index is 13.1. The summed E-state index contributed by atoms with van der Waals surface area (Å²) in [6.07, 6.45) is 2.72. The second kappa shape index (κ2) is 8.67. The number of hydrogen-bond acceptors (Lipinski definition) is 6. The number of pyridine rings is 1. The number of benzene rings is 1. The fraction of sp³-hybridized carbons (Fsp3) is 0.360. The van der Waals surface area contributed by atoms with Gasteiger partial charge in [-0.15, -0.1) is 0 Å². The Morgan fingerprint density at radius 2 is 1.78 bits per heavy atom. The van der Waals surface area contributed by atoms with E-state index in [2.05, 4.69) is 25.8 Å².